The van der Waals surface area contributed by atoms with Gasteiger partial charge in [0.1, 0.15) is 0 Å². The van der Waals surface area contributed by atoms with Crippen LogP contribution in [0.25, 0.3) is 10.2 Å². The Labute approximate surface area is 170 Å². The highest BCUT2D eigenvalue weighted by Crippen LogP contribution is 2.22. The molecule has 1 N–H and O–H groups in total. The number of likely N-dealkylation sites (tertiary alicyclic amines) is 1. The molecule has 28 heavy (non-hydrogen) atoms. The number of hydrogen-bond acceptors (Lipinski definition) is 4. The van der Waals surface area contributed by atoms with E-state index in [4.69, 9.17) is 0 Å². The summed E-state index contributed by atoms with van der Waals surface area (Å²) in [7, 11) is 0. The Bertz CT molecular complexity index is 911. The van der Waals surface area contributed by atoms with Crippen molar-refractivity contribution in [3.05, 3.63) is 64.7 Å². The minimum Gasteiger partial charge on any atom is -0.353 e. The number of benzene rings is 2. The molecule has 0 unspecified atom stereocenters. The molecule has 0 atom stereocenters. The summed E-state index contributed by atoms with van der Waals surface area (Å²) in [5.41, 5.74) is 3.72. The first kappa shape index (κ1) is 19.1. The van der Waals surface area contributed by atoms with Crippen LogP contribution in [0.3, 0.4) is 0 Å². The molecule has 3 aromatic rings. The molecule has 0 aliphatic carbocycles. The number of nitrogens with zero attached hydrogens (tertiary/aromatic N) is 2. The van der Waals surface area contributed by atoms with Gasteiger partial charge in [0.05, 0.1) is 15.2 Å². The summed E-state index contributed by atoms with van der Waals surface area (Å²) in [6, 6.07) is 17.2. The molecule has 1 saturated heterocycles. The first-order chi connectivity index (χ1) is 13.7. The number of thiazole rings is 1. The summed E-state index contributed by atoms with van der Waals surface area (Å²) < 4.78 is 1.19. The van der Waals surface area contributed by atoms with Crippen LogP contribution in [0, 0.1) is 6.92 Å². The number of rotatable bonds is 6. The Morgan fingerprint density at radius 1 is 1.18 bits per heavy atom. The second kappa shape index (κ2) is 8.84. The molecule has 0 radical (unpaired) electrons. The number of nitrogens with one attached hydrogen (secondary N) is 1. The molecule has 1 aliphatic rings. The van der Waals surface area contributed by atoms with Crippen molar-refractivity contribution in [3.63, 3.8) is 0 Å². The topological polar surface area (TPSA) is 45.2 Å². The van der Waals surface area contributed by atoms with Crippen LogP contribution in [0.15, 0.2) is 48.5 Å². The van der Waals surface area contributed by atoms with Crippen LogP contribution in [-0.4, -0.2) is 34.9 Å². The molecule has 0 bridgehead atoms. The third-order valence-corrected chi connectivity index (χ3v) is 6.44. The minimum absolute atomic E-state index is 0.149. The highest BCUT2D eigenvalue weighted by Gasteiger charge is 2.20. The predicted octanol–water partition coefficient (Wildman–Crippen LogP) is 4.32. The van der Waals surface area contributed by atoms with Gasteiger partial charge in [-0.2, -0.15) is 0 Å². The fourth-order valence-electron chi connectivity index (χ4n) is 3.85. The molecular weight excluding hydrogens is 366 g/mol. The van der Waals surface area contributed by atoms with Gasteiger partial charge in [-0.05, 0) is 37.5 Å². The lowest BCUT2D eigenvalue weighted by atomic mass is 10.0. The van der Waals surface area contributed by atoms with E-state index in [1.807, 2.05) is 18.2 Å². The number of amides is 1. The summed E-state index contributed by atoms with van der Waals surface area (Å²) >= 11 is 1.69. The van der Waals surface area contributed by atoms with Gasteiger partial charge in [0.15, 0.2) is 0 Å². The molecule has 1 fully saturated rings. The van der Waals surface area contributed by atoms with E-state index in [0.29, 0.717) is 12.5 Å². The summed E-state index contributed by atoms with van der Waals surface area (Å²) in [4.78, 5) is 19.5. The average molecular weight is 394 g/mol. The SMILES string of the molecule is Cc1cccc(CN2CCC(NC(=O)CCc3nc4ccccc4s3)CC2)c1. The number of piperidine rings is 1. The quantitative estimate of drug-likeness (QED) is 0.678. The van der Waals surface area contributed by atoms with Crippen LogP contribution < -0.4 is 5.32 Å². The number of para-hydroxylation sites is 1. The lowest BCUT2D eigenvalue weighted by Gasteiger charge is -2.32. The molecule has 0 saturated carbocycles. The maximum absolute atomic E-state index is 12.4. The van der Waals surface area contributed by atoms with E-state index in [9.17, 15) is 4.79 Å². The zero-order valence-electron chi connectivity index (χ0n) is 16.4. The van der Waals surface area contributed by atoms with Gasteiger partial charge in [-0.25, -0.2) is 4.98 Å². The van der Waals surface area contributed by atoms with Crippen LogP contribution in [0.5, 0.6) is 0 Å². The number of hydrogen-bond donors (Lipinski definition) is 1. The van der Waals surface area contributed by atoms with Crippen LogP contribution in [0.1, 0.15) is 35.4 Å². The lowest BCUT2D eigenvalue weighted by molar-refractivity contribution is -0.122. The molecule has 1 aliphatic heterocycles. The van der Waals surface area contributed by atoms with E-state index in [-0.39, 0.29) is 5.91 Å². The van der Waals surface area contributed by atoms with Gasteiger partial charge in [-0.1, -0.05) is 42.0 Å². The first-order valence-corrected chi connectivity index (χ1v) is 10.9. The molecule has 4 nitrogen and oxygen atoms in total. The van der Waals surface area contributed by atoms with Gasteiger partial charge in [0, 0.05) is 38.5 Å². The molecule has 2 aromatic carbocycles. The second-order valence-corrected chi connectivity index (χ2v) is 8.80. The normalized spacial score (nSPS) is 15.8. The summed E-state index contributed by atoms with van der Waals surface area (Å²) in [6.07, 6.45) is 3.29. The van der Waals surface area contributed by atoms with E-state index >= 15 is 0 Å². The standard InChI is InChI=1S/C23H27N3OS/c1-17-5-4-6-18(15-17)16-26-13-11-19(12-14-26)24-22(27)9-10-23-25-20-7-2-3-8-21(20)28-23/h2-8,15,19H,9-14,16H2,1H3,(H,24,27). The van der Waals surface area contributed by atoms with Crippen LogP contribution in [-0.2, 0) is 17.8 Å². The fourth-order valence-corrected chi connectivity index (χ4v) is 4.82. The maximum atomic E-state index is 12.4. The minimum atomic E-state index is 0.149. The highest BCUT2D eigenvalue weighted by atomic mass is 32.1. The monoisotopic (exact) mass is 393 g/mol. The third kappa shape index (κ3) is 4.97. The van der Waals surface area contributed by atoms with Gasteiger partial charge >= 0.3 is 0 Å². The molecular formula is C23H27N3OS. The molecule has 2 heterocycles. The zero-order chi connectivity index (χ0) is 19.3. The van der Waals surface area contributed by atoms with Crippen molar-refractivity contribution in [1.82, 2.24) is 15.2 Å². The van der Waals surface area contributed by atoms with Gasteiger partial charge < -0.3 is 5.32 Å². The first-order valence-electron chi connectivity index (χ1n) is 10.1. The number of carbonyl (C=O) groups is 1. The highest BCUT2D eigenvalue weighted by molar-refractivity contribution is 7.18. The molecule has 1 amide bonds. The van der Waals surface area contributed by atoms with E-state index in [1.54, 1.807) is 11.3 Å². The van der Waals surface area contributed by atoms with Crippen LogP contribution in [0.4, 0.5) is 0 Å². The summed E-state index contributed by atoms with van der Waals surface area (Å²) in [6.45, 7) is 5.22. The maximum Gasteiger partial charge on any atom is 0.220 e. The smallest absolute Gasteiger partial charge is 0.220 e. The van der Waals surface area contributed by atoms with Crippen molar-refractivity contribution in [2.75, 3.05) is 13.1 Å². The molecule has 5 heteroatoms. The van der Waals surface area contributed by atoms with Gasteiger partial charge in [0.2, 0.25) is 5.91 Å². The molecule has 146 valence electrons. The largest absolute Gasteiger partial charge is 0.353 e. The third-order valence-electron chi connectivity index (χ3n) is 5.35. The van der Waals surface area contributed by atoms with Gasteiger partial charge in [-0.3, -0.25) is 9.69 Å². The van der Waals surface area contributed by atoms with Crippen molar-refractivity contribution in [2.24, 2.45) is 0 Å². The van der Waals surface area contributed by atoms with Crippen LogP contribution >= 0.6 is 11.3 Å². The Kier molecular flexibility index (Phi) is 6.03. The Morgan fingerprint density at radius 2 is 2.00 bits per heavy atom. The Hall–Kier alpha value is -2.24. The molecule has 1 aromatic heterocycles. The van der Waals surface area contributed by atoms with Crippen molar-refractivity contribution >= 4 is 27.5 Å². The lowest BCUT2D eigenvalue weighted by Crippen LogP contribution is -2.44. The molecule has 0 spiro atoms. The van der Waals surface area contributed by atoms with Gasteiger partial charge in [0.25, 0.3) is 0 Å². The number of carbonyl (C=O) groups excluding carboxylic acids is 1. The van der Waals surface area contributed by atoms with Gasteiger partial charge in [-0.15, -0.1) is 11.3 Å². The summed E-state index contributed by atoms with van der Waals surface area (Å²) in [5.74, 6) is 0.149. The Morgan fingerprint density at radius 3 is 2.79 bits per heavy atom. The van der Waals surface area contributed by atoms with E-state index in [1.165, 1.54) is 15.8 Å². The Balaban J connectivity index is 1.20. The van der Waals surface area contributed by atoms with E-state index < -0.39 is 0 Å². The second-order valence-electron chi connectivity index (χ2n) is 7.68. The number of fused-ring (bicyclic) bond motifs is 1. The fraction of sp³-hybridized carbons (Fsp3) is 0.391. The van der Waals surface area contributed by atoms with Crippen molar-refractivity contribution in [3.8, 4) is 0 Å². The molecule has 4 rings (SSSR count). The predicted molar refractivity (Wildman–Crippen MR) is 116 cm³/mol. The van der Waals surface area contributed by atoms with Crippen molar-refractivity contribution < 1.29 is 4.79 Å². The number of aryl methyl sites for hydroxylation is 2. The van der Waals surface area contributed by atoms with E-state index in [0.717, 1.165) is 49.4 Å². The van der Waals surface area contributed by atoms with Crippen LogP contribution in [0.2, 0.25) is 0 Å². The van der Waals surface area contributed by atoms with Crippen molar-refractivity contribution in [2.45, 2.75) is 45.2 Å². The van der Waals surface area contributed by atoms with E-state index in [2.05, 4.69) is 52.5 Å². The number of aromatic nitrogens is 1. The summed E-state index contributed by atoms with van der Waals surface area (Å²) in [5, 5.41) is 4.27. The van der Waals surface area contributed by atoms with Crippen molar-refractivity contribution in [1.29, 1.82) is 0 Å². The zero-order valence-corrected chi connectivity index (χ0v) is 17.2. The average Bonchev–Trinajstić information content (AvgIpc) is 3.11.